The summed E-state index contributed by atoms with van der Waals surface area (Å²) in [6, 6.07) is 1.33. The van der Waals surface area contributed by atoms with Crippen molar-refractivity contribution in [1.82, 2.24) is 9.55 Å². The van der Waals surface area contributed by atoms with Gasteiger partial charge in [-0.2, -0.15) is 4.98 Å². The molecule has 0 amide bonds. The molecule has 0 radical (unpaired) electrons. The maximum Gasteiger partial charge on any atom is 0.349 e. The molecular weight excluding hydrogens is 411 g/mol. The van der Waals surface area contributed by atoms with Gasteiger partial charge in [-0.25, -0.2) is 9.18 Å². The van der Waals surface area contributed by atoms with Crippen LogP contribution in [-0.4, -0.2) is 57.8 Å². The summed E-state index contributed by atoms with van der Waals surface area (Å²) in [5, 5.41) is 13.3. The number of aliphatic hydroxyl groups is 1. The molecule has 2 rings (SSSR count). The predicted octanol–water partition coefficient (Wildman–Crippen LogP) is 1.88. The molecule has 31 heavy (non-hydrogen) atoms. The third-order valence-corrected chi connectivity index (χ3v) is 5.28. The standard InChI is InChI=1S/C19H29FN6O5/c1-2-3-4-5-6-7-15(28)31-16-18(20,11-26-9-8-14(21)24-17(26)29)13-30-19(16,12-27)10-23-25-22/h8-9,16,27H,2-7,10-13H2,1H3,(H2,21,24,29)/t16-,18+,19+/m0/s1. The fourth-order valence-electron chi connectivity index (χ4n) is 3.60. The maximum absolute atomic E-state index is 16.0. The van der Waals surface area contributed by atoms with Gasteiger partial charge in [0.25, 0.3) is 0 Å². The van der Waals surface area contributed by atoms with Crippen molar-refractivity contribution in [3.63, 3.8) is 0 Å². The molecule has 1 fully saturated rings. The number of unbranched alkanes of at least 4 members (excludes halogenated alkanes) is 4. The second kappa shape index (κ2) is 11.1. The van der Waals surface area contributed by atoms with Crippen LogP contribution in [0.3, 0.4) is 0 Å². The van der Waals surface area contributed by atoms with E-state index in [9.17, 15) is 14.7 Å². The van der Waals surface area contributed by atoms with E-state index in [1.54, 1.807) is 0 Å². The van der Waals surface area contributed by atoms with Gasteiger partial charge in [-0.05, 0) is 18.0 Å². The highest BCUT2D eigenvalue weighted by Gasteiger charge is 2.61. The summed E-state index contributed by atoms with van der Waals surface area (Å²) in [5.41, 5.74) is 9.23. The largest absolute Gasteiger partial charge is 0.456 e. The van der Waals surface area contributed by atoms with Gasteiger partial charge in [0.05, 0.1) is 26.3 Å². The molecule has 0 unspecified atom stereocenters. The molecule has 2 heterocycles. The minimum Gasteiger partial charge on any atom is -0.456 e. The first-order valence-corrected chi connectivity index (χ1v) is 10.3. The monoisotopic (exact) mass is 440 g/mol. The summed E-state index contributed by atoms with van der Waals surface area (Å²) in [4.78, 5) is 30.7. The lowest BCUT2D eigenvalue weighted by Gasteiger charge is -2.34. The van der Waals surface area contributed by atoms with Crippen LogP contribution in [0.2, 0.25) is 0 Å². The number of azide groups is 1. The molecule has 1 aliphatic heterocycles. The van der Waals surface area contributed by atoms with Crippen molar-refractivity contribution < 1.29 is 23.8 Å². The molecule has 0 spiro atoms. The number of carbonyl (C=O) groups excluding carboxylic acids is 1. The first-order valence-electron chi connectivity index (χ1n) is 10.3. The van der Waals surface area contributed by atoms with Crippen LogP contribution in [-0.2, 0) is 20.8 Å². The predicted molar refractivity (Wildman–Crippen MR) is 110 cm³/mol. The Hall–Kier alpha value is -2.69. The summed E-state index contributed by atoms with van der Waals surface area (Å²) >= 11 is 0. The van der Waals surface area contributed by atoms with Crippen molar-refractivity contribution in [2.75, 3.05) is 25.5 Å². The van der Waals surface area contributed by atoms with Gasteiger partial charge in [0.2, 0.25) is 0 Å². The van der Waals surface area contributed by atoms with Crippen molar-refractivity contribution in [2.24, 2.45) is 5.11 Å². The Balaban J connectivity index is 2.23. The third-order valence-electron chi connectivity index (χ3n) is 5.28. The maximum atomic E-state index is 16.0. The zero-order valence-electron chi connectivity index (χ0n) is 17.6. The number of nitrogen functional groups attached to an aromatic ring is 1. The Morgan fingerprint density at radius 3 is 2.90 bits per heavy atom. The highest BCUT2D eigenvalue weighted by molar-refractivity contribution is 5.69. The number of esters is 1. The number of carbonyl (C=O) groups is 1. The van der Waals surface area contributed by atoms with E-state index in [0.717, 1.165) is 30.3 Å². The molecule has 0 aromatic carbocycles. The van der Waals surface area contributed by atoms with Gasteiger partial charge in [-0.3, -0.25) is 9.36 Å². The van der Waals surface area contributed by atoms with Gasteiger partial charge in [-0.1, -0.05) is 37.7 Å². The van der Waals surface area contributed by atoms with Crippen LogP contribution in [0.4, 0.5) is 10.2 Å². The number of aromatic nitrogens is 2. The molecule has 1 aliphatic rings. The van der Waals surface area contributed by atoms with Crippen LogP contribution < -0.4 is 11.4 Å². The first-order chi connectivity index (χ1) is 14.8. The zero-order valence-corrected chi connectivity index (χ0v) is 17.6. The Labute approximate surface area is 179 Å². The van der Waals surface area contributed by atoms with Gasteiger partial charge >= 0.3 is 11.7 Å². The second-order valence-corrected chi connectivity index (χ2v) is 7.73. The van der Waals surface area contributed by atoms with E-state index in [-0.39, 0.29) is 12.2 Å². The number of aliphatic hydroxyl groups excluding tert-OH is 1. The average molecular weight is 440 g/mol. The normalized spacial score (nSPS) is 25.2. The smallest absolute Gasteiger partial charge is 0.349 e. The molecule has 11 nitrogen and oxygen atoms in total. The minimum atomic E-state index is -2.37. The Morgan fingerprint density at radius 2 is 2.26 bits per heavy atom. The summed E-state index contributed by atoms with van der Waals surface area (Å²) in [7, 11) is 0. The quantitative estimate of drug-likeness (QED) is 0.164. The zero-order chi connectivity index (χ0) is 22.9. The molecule has 12 heteroatoms. The molecule has 3 N–H and O–H groups in total. The van der Waals surface area contributed by atoms with E-state index in [2.05, 4.69) is 21.9 Å². The Kier molecular flexibility index (Phi) is 8.78. The van der Waals surface area contributed by atoms with E-state index in [4.69, 9.17) is 20.7 Å². The summed E-state index contributed by atoms with van der Waals surface area (Å²) in [6.07, 6.45) is 4.26. The van der Waals surface area contributed by atoms with Crippen LogP contribution in [0.5, 0.6) is 0 Å². The summed E-state index contributed by atoms with van der Waals surface area (Å²) < 4.78 is 27.9. The number of hydrogen-bond donors (Lipinski definition) is 2. The van der Waals surface area contributed by atoms with Crippen molar-refractivity contribution in [2.45, 2.75) is 69.4 Å². The Morgan fingerprint density at radius 1 is 1.52 bits per heavy atom. The molecule has 1 saturated heterocycles. The molecule has 1 aromatic heterocycles. The van der Waals surface area contributed by atoms with Crippen LogP contribution >= 0.6 is 0 Å². The highest BCUT2D eigenvalue weighted by atomic mass is 19.1. The van der Waals surface area contributed by atoms with Gasteiger partial charge in [0.15, 0.2) is 11.8 Å². The Bertz CT molecular complexity index is 860. The lowest BCUT2D eigenvalue weighted by atomic mass is 9.88. The number of ether oxygens (including phenoxy) is 2. The SMILES string of the molecule is CCCCCCCC(=O)O[C@H]1[C@@](F)(Cn2ccc(N)nc2=O)CO[C@@]1(CO)CN=[N+]=[N-]. The van der Waals surface area contributed by atoms with Gasteiger partial charge < -0.3 is 20.3 Å². The van der Waals surface area contributed by atoms with Crippen molar-refractivity contribution in [3.8, 4) is 0 Å². The van der Waals surface area contributed by atoms with Crippen molar-refractivity contribution >= 4 is 11.8 Å². The van der Waals surface area contributed by atoms with Crippen LogP contribution in [0.1, 0.15) is 45.4 Å². The molecule has 1 aromatic rings. The first kappa shape index (κ1) is 24.6. The van der Waals surface area contributed by atoms with Gasteiger partial charge in [-0.15, -0.1) is 0 Å². The van der Waals surface area contributed by atoms with Crippen LogP contribution in [0.25, 0.3) is 10.4 Å². The number of anilines is 1. The molecular formula is C19H29FN6O5. The van der Waals surface area contributed by atoms with E-state index >= 15 is 4.39 Å². The molecule has 0 aliphatic carbocycles. The van der Waals surface area contributed by atoms with Crippen LogP contribution in [0, 0.1) is 0 Å². The topological polar surface area (TPSA) is 165 Å². The molecule has 172 valence electrons. The van der Waals surface area contributed by atoms with E-state index in [1.165, 1.54) is 12.3 Å². The lowest BCUT2D eigenvalue weighted by Crippen LogP contribution is -2.56. The van der Waals surface area contributed by atoms with E-state index in [1.807, 2.05) is 0 Å². The van der Waals surface area contributed by atoms with Gasteiger partial charge in [0.1, 0.15) is 11.4 Å². The minimum absolute atomic E-state index is 0.0176. The number of rotatable bonds is 12. The number of alkyl halides is 1. The summed E-state index contributed by atoms with van der Waals surface area (Å²) in [5.74, 6) is -0.675. The fraction of sp³-hybridized carbons (Fsp3) is 0.737. The molecule has 0 saturated carbocycles. The lowest BCUT2D eigenvalue weighted by molar-refractivity contribution is -0.169. The molecule has 0 bridgehead atoms. The highest BCUT2D eigenvalue weighted by Crippen LogP contribution is 2.40. The van der Waals surface area contributed by atoms with E-state index in [0.29, 0.717) is 6.42 Å². The number of nitrogens with zero attached hydrogens (tertiary/aromatic N) is 5. The number of nitrogens with two attached hydrogens (primary N) is 1. The fourth-order valence-corrected chi connectivity index (χ4v) is 3.60. The second-order valence-electron chi connectivity index (χ2n) is 7.73. The summed E-state index contributed by atoms with van der Waals surface area (Å²) in [6.45, 7) is -0.253. The third kappa shape index (κ3) is 6.16. The van der Waals surface area contributed by atoms with Crippen LogP contribution in [0.15, 0.2) is 22.2 Å². The molecule has 3 atom stereocenters. The van der Waals surface area contributed by atoms with Gasteiger partial charge in [0, 0.05) is 17.5 Å². The van der Waals surface area contributed by atoms with Crippen molar-refractivity contribution in [3.05, 3.63) is 33.2 Å². The average Bonchev–Trinajstić information content (AvgIpc) is 3.01. The van der Waals surface area contributed by atoms with E-state index < -0.39 is 55.3 Å². The van der Waals surface area contributed by atoms with Crippen molar-refractivity contribution in [1.29, 1.82) is 0 Å². The number of hydrogen-bond acceptors (Lipinski definition) is 8. The number of halogens is 1.